The Morgan fingerprint density at radius 3 is 2.57 bits per heavy atom. The van der Waals surface area contributed by atoms with E-state index in [1.165, 1.54) is 0 Å². The van der Waals surface area contributed by atoms with Crippen LogP contribution in [0.15, 0.2) is 60.7 Å². The van der Waals surface area contributed by atoms with Gasteiger partial charge in [-0.1, -0.05) is 48.0 Å². The molecule has 0 aliphatic carbocycles. The fourth-order valence-electron chi connectivity index (χ4n) is 2.17. The molecule has 21 heavy (non-hydrogen) atoms. The molecular formula is C17H11ClINO. The highest BCUT2D eigenvalue weighted by Gasteiger charge is 2.09. The first-order valence-corrected chi connectivity index (χ1v) is 7.85. The van der Waals surface area contributed by atoms with E-state index in [-0.39, 0.29) is 5.91 Å². The molecular weight excluding hydrogens is 397 g/mol. The fourth-order valence-corrected chi connectivity index (χ4v) is 2.68. The second-order valence-electron chi connectivity index (χ2n) is 4.61. The summed E-state index contributed by atoms with van der Waals surface area (Å²) in [5, 5.41) is 5.64. The van der Waals surface area contributed by atoms with Gasteiger partial charge in [0.1, 0.15) is 0 Å². The summed E-state index contributed by atoms with van der Waals surface area (Å²) >= 11 is 8.20. The second kappa shape index (κ2) is 6.03. The molecule has 1 amide bonds. The van der Waals surface area contributed by atoms with Crippen LogP contribution in [-0.2, 0) is 0 Å². The van der Waals surface area contributed by atoms with Crippen molar-refractivity contribution in [2.75, 3.05) is 5.32 Å². The summed E-state index contributed by atoms with van der Waals surface area (Å²) in [6.07, 6.45) is 0. The SMILES string of the molecule is O=C(Nc1cccc2ccccc12)c1ccc(I)c(Cl)c1. The summed E-state index contributed by atoms with van der Waals surface area (Å²) in [5.74, 6) is -0.162. The molecule has 0 atom stereocenters. The molecule has 0 fully saturated rings. The van der Waals surface area contributed by atoms with Gasteiger partial charge >= 0.3 is 0 Å². The number of carbonyl (C=O) groups is 1. The molecule has 0 heterocycles. The maximum atomic E-state index is 12.3. The highest BCUT2D eigenvalue weighted by molar-refractivity contribution is 14.1. The van der Waals surface area contributed by atoms with Gasteiger partial charge in [0.15, 0.2) is 0 Å². The van der Waals surface area contributed by atoms with Crippen LogP contribution in [0.3, 0.4) is 0 Å². The number of rotatable bonds is 2. The fraction of sp³-hybridized carbons (Fsp3) is 0. The van der Waals surface area contributed by atoms with E-state index in [0.29, 0.717) is 10.6 Å². The Bertz CT molecular complexity index is 827. The van der Waals surface area contributed by atoms with Gasteiger partial charge in [-0.05, 0) is 52.2 Å². The molecule has 0 aliphatic rings. The maximum Gasteiger partial charge on any atom is 0.255 e. The van der Waals surface area contributed by atoms with E-state index in [1.54, 1.807) is 12.1 Å². The summed E-state index contributed by atoms with van der Waals surface area (Å²) in [5.41, 5.74) is 1.35. The number of benzene rings is 3. The summed E-state index contributed by atoms with van der Waals surface area (Å²) in [6.45, 7) is 0. The third kappa shape index (κ3) is 3.04. The third-order valence-corrected chi connectivity index (χ3v) is 4.79. The zero-order chi connectivity index (χ0) is 14.8. The van der Waals surface area contributed by atoms with E-state index < -0.39 is 0 Å². The Kier molecular flexibility index (Phi) is 4.12. The lowest BCUT2D eigenvalue weighted by molar-refractivity contribution is 0.102. The molecule has 3 rings (SSSR count). The number of nitrogens with one attached hydrogen (secondary N) is 1. The predicted octanol–water partition coefficient (Wildman–Crippen LogP) is 5.35. The van der Waals surface area contributed by atoms with Crippen LogP contribution in [0.1, 0.15) is 10.4 Å². The number of halogens is 2. The van der Waals surface area contributed by atoms with Crippen molar-refractivity contribution >= 4 is 56.6 Å². The molecule has 4 heteroatoms. The van der Waals surface area contributed by atoms with E-state index in [1.807, 2.05) is 48.5 Å². The first kappa shape index (κ1) is 14.4. The topological polar surface area (TPSA) is 29.1 Å². The van der Waals surface area contributed by atoms with Gasteiger partial charge in [-0.2, -0.15) is 0 Å². The Balaban J connectivity index is 1.94. The Labute approximate surface area is 141 Å². The monoisotopic (exact) mass is 407 g/mol. The van der Waals surface area contributed by atoms with Crippen molar-refractivity contribution in [3.8, 4) is 0 Å². The highest BCUT2D eigenvalue weighted by atomic mass is 127. The summed E-state index contributed by atoms with van der Waals surface area (Å²) in [7, 11) is 0. The van der Waals surface area contributed by atoms with Crippen LogP contribution in [-0.4, -0.2) is 5.91 Å². The quantitative estimate of drug-likeness (QED) is 0.570. The van der Waals surface area contributed by atoms with Crippen LogP contribution in [0.25, 0.3) is 10.8 Å². The summed E-state index contributed by atoms with van der Waals surface area (Å²) in [4.78, 5) is 12.3. The van der Waals surface area contributed by atoms with Gasteiger partial charge in [0.05, 0.1) is 5.02 Å². The lowest BCUT2D eigenvalue weighted by Crippen LogP contribution is -2.12. The average Bonchev–Trinajstić information content (AvgIpc) is 2.50. The smallest absolute Gasteiger partial charge is 0.255 e. The van der Waals surface area contributed by atoms with Crippen LogP contribution in [0.4, 0.5) is 5.69 Å². The largest absolute Gasteiger partial charge is 0.321 e. The van der Waals surface area contributed by atoms with E-state index in [9.17, 15) is 4.79 Å². The van der Waals surface area contributed by atoms with E-state index in [0.717, 1.165) is 20.0 Å². The van der Waals surface area contributed by atoms with E-state index in [4.69, 9.17) is 11.6 Å². The van der Waals surface area contributed by atoms with Crippen molar-refractivity contribution in [3.05, 3.63) is 74.8 Å². The molecule has 1 N–H and O–H groups in total. The number of hydrogen-bond acceptors (Lipinski definition) is 1. The zero-order valence-corrected chi connectivity index (χ0v) is 13.9. The predicted molar refractivity (Wildman–Crippen MR) is 96.1 cm³/mol. The van der Waals surface area contributed by atoms with E-state index >= 15 is 0 Å². The molecule has 0 saturated carbocycles. The Morgan fingerprint density at radius 2 is 1.76 bits per heavy atom. The Morgan fingerprint density at radius 1 is 1.00 bits per heavy atom. The van der Waals surface area contributed by atoms with Crippen molar-refractivity contribution in [2.24, 2.45) is 0 Å². The molecule has 3 aromatic rings. The van der Waals surface area contributed by atoms with Crippen LogP contribution in [0.2, 0.25) is 5.02 Å². The van der Waals surface area contributed by atoms with Crippen molar-refractivity contribution in [2.45, 2.75) is 0 Å². The normalized spacial score (nSPS) is 10.6. The maximum absolute atomic E-state index is 12.3. The summed E-state index contributed by atoms with van der Waals surface area (Å²) in [6, 6.07) is 19.1. The van der Waals surface area contributed by atoms with Crippen molar-refractivity contribution < 1.29 is 4.79 Å². The Hall–Kier alpha value is -1.59. The highest BCUT2D eigenvalue weighted by Crippen LogP contribution is 2.24. The van der Waals surface area contributed by atoms with Gasteiger partial charge in [-0.3, -0.25) is 4.79 Å². The average molecular weight is 408 g/mol. The molecule has 0 radical (unpaired) electrons. The number of fused-ring (bicyclic) bond motifs is 1. The lowest BCUT2D eigenvalue weighted by atomic mass is 10.1. The molecule has 2 nitrogen and oxygen atoms in total. The van der Waals surface area contributed by atoms with Crippen molar-refractivity contribution in [1.29, 1.82) is 0 Å². The molecule has 0 aliphatic heterocycles. The lowest BCUT2D eigenvalue weighted by Gasteiger charge is -2.09. The molecule has 0 unspecified atom stereocenters. The minimum atomic E-state index is -0.162. The number of hydrogen-bond donors (Lipinski definition) is 1. The molecule has 0 spiro atoms. The van der Waals surface area contributed by atoms with Crippen molar-refractivity contribution in [3.63, 3.8) is 0 Å². The van der Waals surface area contributed by atoms with Crippen LogP contribution in [0, 0.1) is 3.57 Å². The number of anilines is 1. The van der Waals surface area contributed by atoms with Crippen LogP contribution in [0.5, 0.6) is 0 Å². The van der Waals surface area contributed by atoms with Gasteiger partial charge in [0.2, 0.25) is 0 Å². The number of amides is 1. The van der Waals surface area contributed by atoms with Gasteiger partial charge in [0, 0.05) is 20.2 Å². The first-order chi connectivity index (χ1) is 10.1. The molecule has 0 saturated heterocycles. The minimum absolute atomic E-state index is 0.162. The molecule has 3 aromatic carbocycles. The van der Waals surface area contributed by atoms with Gasteiger partial charge in [0.25, 0.3) is 5.91 Å². The molecule has 0 aromatic heterocycles. The minimum Gasteiger partial charge on any atom is -0.321 e. The van der Waals surface area contributed by atoms with Gasteiger partial charge < -0.3 is 5.32 Å². The molecule has 0 bridgehead atoms. The zero-order valence-electron chi connectivity index (χ0n) is 10.9. The second-order valence-corrected chi connectivity index (χ2v) is 6.18. The van der Waals surface area contributed by atoms with Gasteiger partial charge in [-0.25, -0.2) is 0 Å². The van der Waals surface area contributed by atoms with Crippen molar-refractivity contribution in [1.82, 2.24) is 0 Å². The van der Waals surface area contributed by atoms with Crippen LogP contribution < -0.4 is 5.32 Å². The van der Waals surface area contributed by atoms with Gasteiger partial charge in [-0.15, -0.1) is 0 Å². The third-order valence-electron chi connectivity index (χ3n) is 3.22. The summed E-state index contributed by atoms with van der Waals surface area (Å²) < 4.78 is 0.927. The van der Waals surface area contributed by atoms with E-state index in [2.05, 4.69) is 27.9 Å². The number of carbonyl (C=O) groups excluding carboxylic acids is 1. The standard InChI is InChI=1S/C17H11ClINO/c18-14-10-12(8-9-15(14)19)17(21)20-16-7-3-5-11-4-1-2-6-13(11)16/h1-10H,(H,20,21). The first-order valence-electron chi connectivity index (χ1n) is 6.39. The van der Waals surface area contributed by atoms with Crippen LogP contribution >= 0.6 is 34.2 Å². The molecule has 104 valence electrons.